The third-order valence-electron chi connectivity index (χ3n) is 5.84. The molecule has 1 saturated heterocycles. The molecular weight excluding hydrogens is 685 g/mol. The van der Waals surface area contributed by atoms with Crippen molar-refractivity contribution in [2.75, 3.05) is 44.5 Å². The van der Waals surface area contributed by atoms with Crippen molar-refractivity contribution in [1.29, 1.82) is 0 Å². The number of carboxylic acid groups (broad SMARTS) is 4. The maximum Gasteiger partial charge on any atom is 0.328 e. The molecule has 3 aromatic rings. The quantitative estimate of drug-likeness (QED) is 0.146. The van der Waals surface area contributed by atoms with Crippen LogP contribution in [0.3, 0.4) is 0 Å². The van der Waals surface area contributed by atoms with Gasteiger partial charge in [0.25, 0.3) is 0 Å². The zero-order valence-electron chi connectivity index (χ0n) is 26.6. The number of nitrogens with one attached hydrogen (secondary N) is 2. The van der Waals surface area contributed by atoms with E-state index in [1.807, 2.05) is 19.0 Å². The molecule has 4 rings (SSSR count). The van der Waals surface area contributed by atoms with E-state index < -0.39 is 29.7 Å². The van der Waals surface area contributed by atoms with Gasteiger partial charge in [-0.1, -0.05) is 17.7 Å². The second kappa shape index (κ2) is 20.5. The fourth-order valence-electron chi connectivity index (χ4n) is 3.70. The average molecular weight is 718 g/mol. The Hall–Kier alpha value is -5.91. The number of ether oxygens (including phenoxy) is 2. The molecule has 266 valence electrons. The Morgan fingerprint density at radius 1 is 0.960 bits per heavy atom. The number of anilines is 3. The maximum atomic E-state index is 13.6. The summed E-state index contributed by atoms with van der Waals surface area (Å²) in [6.07, 6.45) is 7.55. The average Bonchev–Trinajstić information content (AvgIpc) is 3.55. The first-order chi connectivity index (χ1) is 23.6. The van der Waals surface area contributed by atoms with Crippen LogP contribution in [0.5, 0.6) is 5.75 Å². The van der Waals surface area contributed by atoms with Crippen molar-refractivity contribution in [2.45, 2.75) is 12.5 Å². The molecule has 1 aliphatic heterocycles. The van der Waals surface area contributed by atoms with Gasteiger partial charge in [0.1, 0.15) is 29.8 Å². The van der Waals surface area contributed by atoms with Crippen LogP contribution in [0, 0.1) is 5.82 Å². The minimum Gasteiger partial charge on any atom is -0.486 e. The predicted molar refractivity (Wildman–Crippen MR) is 179 cm³/mol. The molecule has 16 nitrogen and oxygen atoms in total. The Kier molecular flexibility index (Phi) is 16.5. The van der Waals surface area contributed by atoms with Gasteiger partial charge in [0.15, 0.2) is 0 Å². The van der Waals surface area contributed by atoms with Crippen LogP contribution in [0.2, 0.25) is 5.02 Å². The van der Waals surface area contributed by atoms with Gasteiger partial charge in [-0.3, -0.25) is 4.79 Å². The summed E-state index contributed by atoms with van der Waals surface area (Å²) in [6, 6.07) is 7.82. The third kappa shape index (κ3) is 15.3. The van der Waals surface area contributed by atoms with Crippen LogP contribution in [0.25, 0.3) is 10.9 Å². The third-order valence-corrected chi connectivity index (χ3v) is 6.12. The summed E-state index contributed by atoms with van der Waals surface area (Å²) >= 11 is 5.91. The molecule has 1 aliphatic rings. The summed E-state index contributed by atoms with van der Waals surface area (Å²) in [5.41, 5.74) is 1.65. The Bertz CT molecular complexity index is 1710. The SMILES string of the molecule is CN(C)CC=CC(=O)Nc1cc2c(Nc3ccc(F)c(Cl)c3)ncnc2cc1O[C@H]1CCOC1.O=C(O)/C=C\C(=O)O.O=C(O)/C=C\C(=O)O. The molecule has 1 fully saturated rings. The molecular formula is C32H33ClFN5O11. The Morgan fingerprint density at radius 2 is 1.58 bits per heavy atom. The van der Waals surface area contributed by atoms with Gasteiger partial charge in [-0.15, -0.1) is 0 Å². The second-order valence-electron chi connectivity index (χ2n) is 10.1. The summed E-state index contributed by atoms with van der Waals surface area (Å²) in [4.78, 5) is 61.4. The number of aliphatic carboxylic acids is 4. The standard InChI is InChI=1S/C24H25ClFN5O3.2C4H4O4/c1-31(2)8-3-4-23(32)30-21-11-17-20(12-22(21)34-16-7-9-33-13-16)27-14-28-24(17)29-15-5-6-19(26)18(25)10-15;2*5-3(6)1-2-4(7)8/h3-6,10-12,14,16H,7-9,13H2,1-2H3,(H,30,32)(H,27,28,29);2*1-2H,(H,5,6)(H,7,8)/b;2*2-1-/t16-;;/m0../s1. The first kappa shape index (κ1) is 40.3. The van der Waals surface area contributed by atoms with Gasteiger partial charge >= 0.3 is 23.9 Å². The lowest BCUT2D eigenvalue weighted by atomic mass is 10.1. The summed E-state index contributed by atoms with van der Waals surface area (Å²) in [5.74, 6) is -4.86. The van der Waals surface area contributed by atoms with Crippen molar-refractivity contribution in [3.05, 3.63) is 84.0 Å². The lowest BCUT2D eigenvalue weighted by Crippen LogP contribution is -2.18. The summed E-state index contributed by atoms with van der Waals surface area (Å²) in [7, 11) is 3.84. The van der Waals surface area contributed by atoms with E-state index in [9.17, 15) is 28.4 Å². The lowest BCUT2D eigenvalue weighted by Gasteiger charge is -2.17. The number of carbonyl (C=O) groups excluding carboxylic acids is 1. The van der Waals surface area contributed by atoms with Crippen molar-refractivity contribution in [1.82, 2.24) is 14.9 Å². The minimum absolute atomic E-state index is 0.00436. The van der Waals surface area contributed by atoms with Crippen LogP contribution in [0.1, 0.15) is 6.42 Å². The van der Waals surface area contributed by atoms with E-state index in [1.54, 1.807) is 24.3 Å². The molecule has 0 radical (unpaired) electrons. The van der Waals surface area contributed by atoms with Crippen LogP contribution in [-0.4, -0.2) is 105 Å². The number of carboxylic acids is 4. The zero-order chi connectivity index (χ0) is 37.2. The number of rotatable bonds is 12. The number of hydrogen-bond acceptors (Lipinski definition) is 11. The minimum atomic E-state index is -1.26. The van der Waals surface area contributed by atoms with Crippen LogP contribution in [-0.2, 0) is 28.7 Å². The van der Waals surface area contributed by atoms with Crippen molar-refractivity contribution >= 4 is 69.5 Å². The number of benzene rings is 2. The van der Waals surface area contributed by atoms with Crippen molar-refractivity contribution in [2.24, 2.45) is 0 Å². The van der Waals surface area contributed by atoms with Gasteiger partial charge in [0, 0.05) is 60.5 Å². The molecule has 50 heavy (non-hydrogen) atoms. The number of fused-ring (bicyclic) bond motifs is 1. The van der Waals surface area contributed by atoms with Gasteiger partial charge in [0.05, 0.1) is 29.4 Å². The molecule has 2 heterocycles. The molecule has 1 amide bonds. The normalized spacial score (nSPS) is 13.8. The van der Waals surface area contributed by atoms with Crippen molar-refractivity contribution < 1.29 is 58.3 Å². The summed E-state index contributed by atoms with van der Waals surface area (Å²) in [6.45, 7) is 1.75. The molecule has 6 N–H and O–H groups in total. The second-order valence-corrected chi connectivity index (χ2v) is 10.5. The highest BCUT2D eigenvalue weighted by Gasteiger charge is 2.21. The maximum absolute atomic E-state index is 13.6. The zero-order valence-corrected chi connectivity index (χ0v) is 27.3. The molecule has 0 unspecified atom stereocenters. The highest BCUT2D eigenvalue weighted by molar-refractivity contribution is 6.31. The van der Waals surface area contributed by atoms with Gasteiger partial charge in [-0.25, -0.2) is 33.5 Å². The van der Waals surface area contributed by atoms with Gasteiger partial charge in [0.2, 0.25) is 5.91 Å². The van der Waals surface area contributed by atoms with E-state index in [0.717, 1.165) is 6.42 Å². The van der Waals surface area contributed by atoms with Gasteiger partial charge in [-0.05, 0) is 38.4 Å². The van der Waals surface area contributed by atoms with E-state index in [-0.39, 0.29) is 17.0 Å². The summed E-state index contributed by atoms with van der Waals surface area (Å²) < 4.78 is 25.1. The van der Waals surface area contributed by atoms with Crippen LogP contribution < -0.4 is 15.4 Å². The molecule has 0 bridgehead atoms. The molecule has 2 aromatic carbocycles. The number of nitrogens with zero attached hydrogens (tertiary/aromatic N) is 3. The number of aromatic nitrogens is 2. The first-order valence-electron chi connectivity index (χ1n) is 14.3. The first-order valence-corrected chi connectivity index (χ1v) is 14.7. The molecule has 0 spiro atoms. The van der Waals surface area contributed by atoms with Crippen molar-refractivity contribution in [3.8, 4) is 5.75 Å². The highest BCUT2D eigenvalue weighted by atomic mass is 35.5. The Balaban J connectivity index is 0.000000450. The van der Waals surface area contributed by atoms with Crippen LogP contribution in [0.15, 0.2) is 73.1 Å². The predicted octanol–water partition coefficient (Wildman–Crippen LogP) is 3.81. The molecule has 0 aliphatic carbocycles. The topological polar surface area (TPSA) is 238 Å². The monoisotopic (exact) mass is 717 g/mol. The molecule has 1 atom stereocenters. The number of halogens is 2. The number of amides is 1. The number of carbonyl (C=O) groups is 5. The van der Waals surface area contributed by atoms with Gasteiger partial charge in [-0.2, -0.15) is 0 Å². The smallest absolute Gasteiger partial charge is 0.328 e. The highest BCUT2D eigenvalue weighted by Crippen LogP contribution is 2.35. The largest absolute Gasteiger partial charge is 0.486 e. The van der Waals surface area contributed by atoms with Crippen LogP contribution >= 0.6 is 11.6 Å². The Labute approximate surface area is 289 Å². The van der Waals surface area contributed by atoms with E-state index in [4.69, 9.17) is 41.5 Å². The fourth-order valence-corrected chi connectivity index (χ4v) is 3.89. The Morgan fingerprint density at radius 3 is 2.10 bits per heavy atom. The van der Waals surface area contributed by atoms with E-state index >= 15 is 0 Å². The fraction of sp³-hybridized carbons (Fsp3) is 0.219. The van der Waals surface area contributed by atoms with E-state index in [0.29, 0.717) is 77.9 Å². The van der Waals surface area contributed by atoms with E-state index in [1.165, 1.54) is 24.5 Å². The van der Waals surface area contributed by atoms with Gasteiger partial charge < -0.3 is 45.4 Å². The number of hydrogen-bond donors (Lipinski definition) is 6. The van der Waals surface area contributed by atoms with E-state index in [2.05, 4.69) is 20.6 Å². The van der Waals surface area contributed by atoms with Crippen LogP contribution in [0.4, 0.5) is 21.6 Å². The van der Waals surface area contributed by atoms with Crippen molar-refractivity contribution in [3.63, 3.8) is 0 Å². The lowest BCUT2D eigenvalue weighted by molar-refractivity contribution is -0.134. The molecule has 1 aromatic heterocycles. The summed E-state index contributed by atoms with van der Waals surface area (Å²) in [5, 5.41) is 37.9. The molecule has 0 saturated carbocycles. The molecule has 18 heteroatoms. The number of likely N-dealkylation sites (N-methyl/N-ethyl adjacent to an activating group) is 1.